The van der Waals surface area contributed by atoms with E-state index in [2.05, 4.69) is 4.74 Å². The van der Waals surface area contributed by atoms with E-state index in [1.165, 1.54) is 20.8 Å². The fourth-order valence-electron chi connectivity index (χ4n) is 1.89. The van der Waals surface area contributed by atoms with Gasteiger partial charge in [0.2, 0.25) is 5.82 Å². The van der Waals surface area contributed by atoms with Crippen molar-refractivity contribution in [3.8, 4) is 5.75 Å². The molecule has 0 N–H and O–H groups in total. The van der Waals surface area contributed by atoms with Crippen molar-refractivity contribution in [2.75, 3.05) is 19.8 Å². The Morgan fingerprint density at radius 1 is 1.08 bits per heavy atom. The van der Waals surface area contributed by atoms with Crippen LogP contribution < -0.4 is 4.74 Å². The summed E-state index contributed by atoms with van der Waals surface area (Å²) in [6, 6.07) is 2.41. The van der Waals surface area contributed by atoms with E-state index in [1.807, 2.05) is 0 Å². The summed E-state index contributed by atoms with van der Waals surface area (Å²) in [5, 5.41) is -1.61. The second kappa shape index (κ2) is 9.25. The van der Waals surface area contributed by atoms with Crippen LogP contribution in [0, 0.1) is 11.6 Å². The van der Waals surface area contributed by atoms with Gasteiger partial charge in [0.25, 0.3) is 0 Å². The molecule has 0 atom stereocenters. The Balaban J connectivity index is 3.13. The molecule has 1 aromatic rings. The number of carbonyl (C=O) groups excluding carboxylic acids is 1. The maximum absolute atomic E-state index is 14.6. The minimum Gasteiger partial charge on any atom is -0.405 e. The molecule has 6 nitrogen and oxygen atoms in total. The van der Waals surface area contributed by atoms with Crippen molar-refractivity contribution < 1.29 is 44.9 Å². The van der Waals surface area contributed by atoms with E-state index in [4.69, 9.17) is 13.3 Å². The molecule has 26 heavy (non-hydrogen) atoms. The Bertz CT molecular complexity index is 604. The molecule has 0 unspecified atom stereocenters. The first-order valence-electron chi connectivity index (χ1n) is 7.58. The molecule has 0 aliphatic carbocycles. The van der Waals surface area contributed by atoms with E-state index < -0.39 is 43.1 Å². The maximum atomic E-state index is 14.6. The number of benzene rings is 1. The summed E-state index contributed by atoms with van der Waals surface area (Å²) in [5.74, 6) is -4.11. The van der Waals surface area contributed by atoms with Gasteiger partial charge in [-0.15, -0.1) is 0 Å². The van der Waals surface area contributed by atoms with Gasteiger partial charge in [-0.1, -0.05) is 15.7 Å². The molecular weight excluding hydrogens is 385 g/mol. The normalized spacial score (nSPS) is 12.2. The number of nitrogens with zero attached hydrogens (tertiary/aromatic N) is 1. The third kappa shape index (κ3) is 4.49. The molecule has 0 aliphatic heterocycles. The van der Waals surface area contributed by atoms with Crippen LogP contribution in [0.1, 0.15) is 20.8 Å². The minimum atomic E-state index is -5.04. The average Bonchev–Trinajstić information content (AvgIpc) is 2.58. The first kappa shape index (κ1) is 22.3. The third-order valence-corrected chi connectivity index (χ3v) is 5.83. The van der Waals surface area contributed by atoms with Gasteiger partial charge in [-0.05, 0) is 32.9 Å². The molecule has 0 fully saturated rings. The second-order valence-corrected chi connectivity index (χ2v) is 7.18. The van der Waals surface area contributed by atoms with Crippen molar-refractivity contribution in [1.29, 1.82) is 0 Å². The maximum Gasteiger partial charge on any atom is 0.603 e. The zero-order valence-corrected chi connectivity index (χ0v) is 15.2. The Hall–Kier alpha value is -1.76. The Kier molecular flexibility index (Phi) is 7.93. The summed E-state index contributed by atoms with van der Waals surface area (Å²) in [6.07, 6.45) is -2.30. The van der Waals surface area contributed by atoms with Gasteiger partial charge in [-0.2, -0.15) is 13.2 Å². The molecule has 0 spiro atoms. The topological polar surface area (TPSA) is 57.2 Å². The van der Waals surface area contributed by atoms with Crippen molar-refractivity contribution in [3.05, 3.63) is 29.8 Å². The predicted molar refractivity (Wildman–Crippen MR) is 80.9 cm³/mol. The summed E-state index contributed by atoms with van der Waals surface area (Å²) in [6.45, 7) is 3.09. The standard InChI is InChI=1S/C14H18F5NO5Si/c1-4-22-26(23-5-2,24-6-3)14(17,18)20(19)13(21)25-11-9-7-8-10(15)12(11)16/h7-9H,4-6H2,1-3H3. The number of ether oxygens (including phenoxy) is 1. The van der Waals surface area contributed by atoms with Crippen LogP contribution in [0.5, 0.6) is 5.75 Å². The van der Waals surface area contributed by atoms with Crippen LogP contribution >= 0.6 is 0 Å². The molecule has 0 heterocycles. The molecule has 12 heteroatoms. The third-order valence-electron chi connectivity index (χ3n) is 2.89. The van der Waals surface area contributed by atoms with Crippen LogP contribution in [0.4, 0.5) is 26.8 Å². The van der Waals surface area contributed by atoms with Gasteiger partial charge in [0, 0.05) is 19.8 Å². The van der Waals surface area contributed by atoms with E-state index in [0.29, 0.717) is 6.07 Å². The quantitative estimate of drug-likeness (QED) is 0.272. The molecule has 1 aromatic carbocycles. The SMILES string of the molecule is CCO[Si](OCC)(OCC)C(F)(F)N(F)C(=O)Oc1cccc(F)c1F. The van der Waals surface area contributed by atoms with Gasteiger partial charge < -0.3 is 18.0 Å². The highest BCUT2D eigenvalue weighted by Gasteiger charge is 2.71. The van der Waals surface area contributed by atoms with Gasteiger partial charge >= 0.3 is 20.6 Å². The molecule has 0 aliphatic rings. The molecular formula is C14H18F5NO5Si. The molecule has 1 amide bonds. The van der Waals surface area contributed by atoms with E-state index in [9.17, 15) is 26.8 Å². The van der Waals surface area contributed by atoms with Crippen LogP contribution in [0.15, 0.2) is 18.2 Å². The Morgan fingerprint density at radius 2 is 1.58 bits per heavy atom. The predicted octanol–water partition coefficient (Wildman–Crippen LogP) is 3.83. The summed E-state index contributed by atoms with van der Waals surface area (Å²) >= 11 is 0. The van der Waals surface area contributed by atoms with Gasteiger partial charge in [-0.3, -0.25) is 0 Å². The van der Waals surface area contributed by atoms with Gasteiger partial charge in [0.15, 0.2) is 11.6 Å². The largest absolute Gasteiger partial charge is 0.603 e. The van der Waals surface area contributed by atoms with Gasteiger partial charge in [0.1, 0.15) is 0 Å². The lowest BCUT2D eigenvalue weighted by Gasteiger charge is -2.35. The van der Waals surface area contributed by atoms with Crippen LogP contribution in [0.25, 0.3) is 0 Å². The summed E-state index contributed by atoms with van der Waals surface area (Å²) in [7, 11) is -5.04. The van der Waals surface area contributed by atoms with Crippen LogP contribution in [-0.2, 0) is 13.3 Å². The summed E-state index contributed by atoms with van der Waals surface area (Å²) in [4.78, 5) is 11.7. The molecule has 0 aromatic heterocycles. The number of halogens is 5. The summed E-state index contributed by atoms with van der Waals surface area (Å²) in [5.41, 5.74) is -4.68. The summed E-state index contributed by atoms with van der Waals surface area (Å²) < 4.78 is 88.7. The van der Waals surface area contributed by atoms with E-state index >= 15 is 0 Å². The number of rotatable bonds is 9. The number of hydrogen-bond acceptors (Lipinski definition) is 5. The van der Waals surface area contributed by atoms with Crippen molar-refractivity contribution in [2.24, 2.45) is 0 Å². The smallest absolute Gasteiger partial charge is 0.405 e. The highest BCUT2D eigenvalue weighted by atomic mass is 28.4. The van der Waals surface area contributed by atoms with E-state index in [1.54, 1.807) is 0 Å². The highest BCUT2D eigenvalue weighted by Crippen LogP contribution is 2.35. The van der Waals surface area contributed by atoms with E-state index in [0.717, 1.165) is 12.1 Å². The number of amides is 1. The lowest BCUT2D eigenvalue weighted by Crippen LogP contribution is -2.67. The molecule has 0 saturated heterocycles. The zero-order valence-electron chi connectivity index (χ0n) is 14.2. The molecule has 148 valence electrons. The molecule has 0 radical (unpaired) electrons. The fraction of sp³-hybridized carbons (Fsp3) is 0.500. The van der Waals surface area contributed by atoms with Crippen LogP contribution in [0.3, 0.4) is 0 Å². The van der Waals surface area contributed by atoms with Crippen LogP contribution in [0.2, 0.25) is 0 Å². The van der Waals surface area contributed by atoms with Crippen LogP contribution in [-0.4, -0.2) is 45.5 Å². The molecule has 1 rings (SSSR count). The number of alkyl halides is 2. The van der Waals surface area contributed by atoms with Crippen molar-refractivity contribution in [1.82, 2.24) is 5.12 Å². The highest BCUT2D eigenvalue weighted by molar-refractivity contribution is 6.63. The monoisotopic (exact) mass is 403 g/mol. The minimum absolute atomic E-state index is 0.316. The van der Waals surface area contributed by atoms with Gasteiger partial charge in [-0.25, -0.2) is 9.18 Å². The number of carbonyl (C=O) groups is 1. The van der Waals surface area contributed by atoms with Crippen molar-refractivity contribution in [2.45, 2.75) is 26.4 Å². The lowest BCUT2D eigenvalue weighted by molar-refractivity contribution is -0.198. The number of hydrogen-bond donors (Lipinski definition) is 0. The second-order valence-electron chi connectivity index (χ2n) is 4.60. The first-order chi connectivity index (χ1) is 12.2. The average molecular weight is 403 g/mol. The fourth-order valence-corrected chi connectivity index (χ4v) is 4.13. The Morgan fingerprint density at radius 3 is 2.04 bits per heavy atom. The zero-order chi connectivity index (χ0) is 20.0. The molecule has 0 bridgehead atoms. The first-order valence-corrected chi connectivity index (χ1v) is 9.30. The van der Waals surface area contributed by atoms with Crippen molar-refractivity contribution >= 4 is 14.9 Å². The Labute approximate surface area is 147 Å². The van der Waals surface area contributed by atoms with Crippen molar-refractivity contribution in [3.63, 3.8) is 0 Å². The van der Waals surface area contributed by atoms with Gasteiger partial charge in [0.05, 0.1) is 0 Å². The van der Waals surface area contributed by atoms with E-state index in [-0.39, 0.29) is 19.8 Å². The molecule has 0 saturated carbocycles. The lowest BCUT2D eigenvalue weighted by atomic mass is 10.3.